The largest absolute Gasteiger partial charge is 0.322 e. The van der Waals surface area contributed by atoms with Crippen molar-refractivity contribution < 1.29 is 4.79 Å². The van der Waals surface area contributed by atoms with Gasteiger partial charge in [-0.3, -0.25) is 4.79 Å². The van der Waals surface area contributed by atoms with Crippen LogP contribution in [0.1, 0.15) is 29.0 Å². The van der Waals surface area contributed by atoms with Crippen LogP contribution in [0.25, 0.3) is 6.08 Å². The molecule has 1 amide bonds. The van der Waals surface area contributed by atoms with Crippen LogP contribution in [0, 0.1) is 0 Å². The Kier molecular flexibility index (Phi) is 3.64. The highest BCUT2D eigenvalue weighted by Gasteiger charge is 2.18. The van der Waals surface area contributed by atoms with Crippen LogP contribution in [0.5, 0.6) is 0 Å². The standard InChI is InChI=1S/C18H17NO/c20-14-19-12-10-16-8-4-5-9-17(16)18(11-13-19)15-6-2-1-3-7-15/h1-10,12,14,18H,11,13H2/b12-10-. The molecule has 0 N–H and O–H groups in total. The lowest BCUT2D eigenvalue weighted by atomic mass is 9.85. The van der Waals surface area contributed by atoms with Crippen molar-refractivity contribution in [2.24, 2.45) is 0 Å². The molecule has 2 aromatic carbocycles. The fraction of sp³-hybridized carbons (Fsp3) is 0.167. The Morgan fingerprint density at radius 1 is 1.00 bits per heavy atom. The molecule has 1 aliphatic rings. The summed E-state index contributed by atoms with van der Waals surface area (Å²) in [6.45, 7) is 0.744. The van der Waals surface area contributed by atoms with Crippen LogP contribution in [0.4, 0.5) is 0 Å². The van der Waals surface area contributed by atoms with Crippen LogP contribution in [-0.2, 0) is 4.79 Å². The quantitative estimate of drug-likeness (QED) is 0.757. The smallest absolute Gasteiger partial charge is 0.213 e. The summed E-state index contributed by atoms with van der Waals surface area (Å²) in [6, 6.07) is 18.9. The second kappa shape index (κ2) is 5.74. The van der Waals surface area contributed by atoms with E-state index in [2.05, 4.69) is 42.5 Å². The molecule has 1 aliphatic heterocycles. The lowest BCUT2D eigenvalue weighted by Crippen LogP contribution is -2.20. The fourth-order valence-electron chi connectivity index (χ4n) is 2.78. The van der Waals surface area contributed by atoms with Crippen LogP contribution in [0.3, 0.4) is 0 Å². The van der Waals surface area contributed by atoms with E-state index in [1.54, 1.807) is 4.90 Å². The maximum absolute atomic E-state index is 11.1. The Balaban J connectivity index is 2.07. The monoisotopic (exact) mass is 263 g/mol. The van der Waals surface area contributed by atoms with E-state index in [9.17, 15) is 4.79 Å². The molecule has 0 aliphatic carbocycles. The first-order valence-corrected chi connectivity index (χ1v) is 6.91. The molecular formula is C18H17NO. The first-order valence-electron chi connectivity index (χ1n) is 6.91. The zero-order valence-corrected chi connectivity index (χ0v) is 11.3. The number of hydrogen-bond acceptors (Lipinski definition) is 1. The number of fused-ring (bicyclic) bond motifs is 1. The Morgan fingerprint density at radius 3 is 2.55 bits per heavy atom. The molecule has 2 nitrogen and oxygen atoms in total. The first kappa shape index (κ1) is 12.7. The molecule has 2 aromatic rings. The van der Waals surface area contributed by atoms with Crippen molar-refractivity contribution in [3.05, 3.63) is 77.5 Å². The van der Waals surface area contributed by atoms with Crippen LogP contribution in [0.2, 0.25) is 0 Å². The molecule has 3 rings (SSSR count). The summed E-state index contributed by atoms with van der Waals surface area (Å²) < 4.78 is 0. The number of carbonyl (C=O) groups is 1. The molecule has 0 saturated carbocycles. The number of rotatable bonds is 2. The topological polar surface area (TPSA) is 20.3 Å². The van der Waals surface area contributed by atoms with Gasteiger partial charge in [0, 0.05) is 18.7 Å². The lowest BCUT2D eigenvalue weighted by molar-refractivity contribution is -0.115. The molecule has 0 bridgehead atoms. The summed E-state index contributed by atoms with van der Waals surface area (Å²) in [7, 11) is 0. The van der Waals surface area contributed by atoms with Gasteiger partial charge in [-0.2, -0.15) is 0 Å². The van der Waals surface area contributed by atoms with Crippen molar-refractivity contribution in [1.82, 2.24) is 4.90 Å². The predicted molar refractivity (Wildman–Crippen MR) is 81.1 cm³/mol. The summed E-state index contributed by atoms with van der Waals surface area (Å²) in [5.74, 6) is 0.333. The molecule has 0 fully saturated rings. The van der Waals surface area contributed by atoms with Gasteiger partial charge in [0.05, 0.1) is 0 Å². The molecule has 1 atom stereocenters. The Bertz CT molecular complexity index is 618. The summed E-state index contributed by atoms with van der Waals surface area (Å²) >= 11 is 0. The molecule has 0 spiro atoms. The minimum Gasteiger partial charge on any atom is -0.322 e. The highest BCUT2D eigenvalue weighted by Crippen LogP contribution is 2.32. The van der Waals surface area contributed by atoms with Crippen molar-refractivity contribution >= 4 is 12.5 Å². The van der Waals surface area contributed by atoms with Gasteiger partial charge < -0.3 is 4.90 Å². The van der Waals surface area contributed by atoms with E-state index >= 15 is 0 Å². The lowest BCUT2D eigenvalue weighted by Gasteiger charge is -2.25. The first-order chi connectivity index (χ1) is 9.88. The molecule has 0 saturated heterocycles. The highest BCUT2D eigenvalue weighted by atomic mass is 16.1. The Labute approximate surface area is 119 Å². The molecular weight excluding hydrogens is 246 g/mol. The number of amides is 1. The Morgan fingerprint density at radius 2 is 1.75 bits per heavy atom. The predicted octanol–water partition coefficient (Wildman–Crippen LogP) is 3.65. The van der Waals surface area contributed by atoms with Crippen molar-refractivity contribution in [2.45, 2.75) is 12.3 Å². The van der Waals surface area contributed by atoms with Crippen LogP contribution in [-0.4, -0.2) is 17.9 Å². The van der Waals surface area contributed by atoms with Gasteiger partial charge in [-0.25, -0.2) is 0 Å². The number of hydrogen-bond donors (Lipinski definition) is 0. The maximum Gasteiger partial charge on any atom is 0.213 e. The summed E-state index contributed by atoms with van der Waals surface area (Å²) in [6.07, 6.45) is 5.72. The van der Waals surface area contributed by atoms with Gasteiger partial charge >= 0.3 is 0 Å². The molecule has 0 aromatic heterocycles. The molecule has 1 heterocycles. The third-order valence-corrected chi connectivity index (χ3v) is 3.83. The number of carbonyl (C=O) groups excluding carboxylic acids is 1. The second-order valence-corrected chi connectivity index (χ2v) is 5.04. The van der Waals surface area contributed by atoms with E-state index in [0.29, 0.717) is 5.92 Å². The van der Waals surface area contributed by atoms with Crippen LogP contribution in [0.15, 0.2) is 60.8 Å². The molecule has 100 valence electrons. The normalized spacial score (nSPS) is 19.6. The third kappa shape index (κ3) is 2.50. The van der Waals surface area contributed by atoms with E-state index in [4.69, 9.17) is 0 Å². The van der Waals surface area contributed by atoms with E-state index < -0.39 is 0 Å². The molecule has 1 unspecified atom stereocenters. The third-order valence-electron chi connectivity index (χ3n) is 3.83. The Hall–Kier alpha value is -2.35. The van der Waals surface area contributed by atoms with Gasteiger partial charge in [-0.15, -0.1) is 0 Å². The van der Waals surface area contributed by atoms with Crippen LogP contribution < -0.4 is 0 Å². The van der Waals surface area contributed by atoms with Crippen molar-refractivity contribution in [3.8, 4) is 0 Å². The van der Waals surface area contributed by atoms with Crippen LogP contribution >= 0.6 is 0 Å². The van der Waals surface area contributed by atoms with Gasteiger partial charge in [-0.05, 0) is 29.2 Å². The maximum atomic E-state index is 11.1. The minimum absolute atomic E-state index is 0.333. The van der Waals surface area contributed by atoms with Gasteiger partial charge in [0.25, 0.3) is 0 Å². The summed E-state index contributed by atoms with van der Waals surface area (Å²) in [5, 5.41) is 0. The second-order valence-electron chi connectivity index (χ2n) is 5.04. The number of nitrogens with zero attached hydrogens (tertiary/aromatic N) is 1. The van der Waals surface area contributed by atoms with E-state index in [1.807, 2.05) is 24.4 Å². The molecule has 20 heavy (non-hydrogen) atoms. The van der Waals surface area contributed by atoms with Gasteiger partial charge in [-0.1, -0.05) is 54.6 Å². The van der Waals surface area contributed by atoms with Crippen molar-refractivity contribution in [2.75, 3.05) is 6.54 Å². The SMILES string of the molecule is O=CN1/C=C\c2ccccc2C(c2ccccc2)CC1. The zero-order chi connectivity index (χ0) is 13.8. The number of benzene rings is 2. The van der Waals surface area contributed by atoms with E-state index in [0.717, 1.165) is 19.4 Å². The van der Waals surface area contributed by atoms with Crippen molar-refractivity contribution in [3.63, 3.8) is 0 Å². The summed E-state index contributed by atoms with van der Waals surface area (Å²) in [5.41, 5.74) is 3.83. The van der Waals surface area contributed by atoms with Gasteiger partial charge in [0.1, 0.15) is 0 Å². The molecule has 2 heteroatoms. The van der Waals surface area contributed by atoms with Crippen molar-refractivity contribution in [1.29, 1.82) is 0 Å². The van der Waals surface area contributed by atoms with Gasteiger partial charge in [0.15, 0.2) is 0 Å². The van der Waals surface area contributed by atoms with E-state index in [1.165, 1.54) is 16.7 Å². The average molecular weight is 263 g/mol. The minimum atomic E-state index is 0.333. The molecule has 0 radical (unpaired) electrons. The fourth-order valence-corrected chi connectivity index (χ4v) is 2.78. The van der Waals surface area contributed by atoms with E-state index in [-0.39, 0.29) is 0 Å². The average Bonchev–Trinajstić information content (AvgIpc) is 2.50. The highest BCUT2D eigenvalue weighted by molar-refractivity contribution is 5.60. The van der Waals surface area contributed by atoms with Gasteiger partial charge in [0.2, 0.25) is 6.41 Å². The summed E-state index contributed by atoms with van der Waals surface area (Å²) in [4.78, 5) is 12.8. The zero-order valence-electron chi connectivity index (χ0n) is 11.3.